The van der Waals surface area contributed by atoms with E-state index < -0.39 is 0 Å². The van der Waals surface area contributed by atoms with Crippen molar-refractivity contribution in [1.29, 1.82) is 0 Å². The fourth-order valence-electron chi connectivity index (χ4n) is 3.18. The standard InChI is InChI=1S/C21H28N2O/c1-2-3-17-4-8-20(9-5-17)24-21-10-6-18(7-11-21)16-23-14-12-19(22)13-15-23/h4-11,19H,2-3,12-16,22H2,1H3. The first-order valence-electron chi connectivity index (χ1n) is 9.06. The molecule has 0 spiro atoms. The number of likely N-dealkylation sites (tertiary alicyclic amines) is 1. The highest BCUT2D eigenvalue weighted by atomic mass is 16.5. The van der Waals surface area contributed by atoms with Gasteiger partial charge >= 0.3 is 0 Å². The molecule has 1 aliphatic rings. The fraction of sp³-hybridized carbons (Fsp3) is 0.429. The first-order chi connectivity index (χ1) is 11.7. The van der Waals surface area contributed by atoms with Crippen LogP contribution in [0.2, 0.25) is 0 Å². The van der Waals surface area contributed by atoms with Crippen molar-refractivity contribution in [2.75, 3.05) is 13.1 Å². The van der Waals surface area contributed by atoms with Gasteiger partial charge in [-0.15, -0.1) is 0 Å². The number of ether oxygens (including phenoxy) is 1. The summed E-state index contributed by atoms with van der Waals surface area (Å²) in [6, 6.07) is 17.2. The lowest BCUT2D eigenvalue weighted by atomic mass is 10.1. The van der Waals surface area contributed by atoms with Gasteiger partial charge in [0, 0.05) is 12.6 Å². The van der Waals surface area contributed by atoms with Gasteiger partial charge in [-0.05, 0) is 67.7 Å². The van der Waals surface area contributed by atoms with Gasteiger partial charge in [-0.3, -0.25) is 4.90 Å². The molecule has 1 fully saturated rings. The second-order valence-corrected chi connectivity index (χ2v) is 6.75. The zero-order valence-corrected chi connectivity index (χ0v) is 14.6. The van der Waals surface area contributed by atoms with E-state index in [9.17, 15) is 0 Å². The summed E-state index contributed by atoms with van der Waals surface area (Å²) < 4.78 is 5.94. The Morgan fingerprint density at radius 3 is 2.00 bits per heavy atom. The molecule has 0 unspecified atom stereocenters. The zero-order chi connectivity index (χ0) is 16.8. The molecule has 0 aromatic heterocycles. The number of piperidine rings is 1. The second-order valence-electron chi connectivity index (χ2n) is 6.75. The van der Waals surface area contributed by atoms with Gasteiger partial charge in [0.05, 0.1) is 0 Å². The Kier molecular flexibility index (Phi) is 5.89. The van der Waals surface area contributed by atoms with Crippen molar-refractivity contribution in [2.45, 2.75) is 45.2 Å². The van der Waals surface area contributed by atoms with Gasteiger partial charge in [-0.25, -0.2) is 0 Å². The van der Waals surface area contributed by atoms with Gasteiger partial charge < -0.3 is 10.5 Å². The summed E-state index contributed by atoms with van der Waals surface area (Å²) in [5.41, 5.74) is 8.66. The van der Waals surface area contributed by atoms with E-state index in [0.29, 0.717) is 6.04 Å². The third kappa shape index (κ3) is 4.83. The molecule has 3 nitrogen and oxygen atoms in total. The van der Waals surface area contributed by atoms with Crippen LogP contribution in [0.5, 0.6) is 11.5 Å². The topological polar surface area (TPSA) is 38.5 Å². The van der Waals surface area contributed by atoms with Crippen molar-refractivity contribution in [2.24, 2.45) is 5.73 Å². The van der Waals surface area contributed by atoms with Crippen LogP contribution in [0.1, 0.15) is 37.3 Å². The Labute approximate surface area is 145 Å². The molecule has 0 atom stereocenters. The van der Waals surface area contributed by atoms with E-state index in [1.807, 2.05) is 0 Å². The first-order valence-corrected chi connectivity index (χ1v) is 9.06. The number of rotatable bonds is 6. The molecule has 2 aromatic carbocycles. The van der Waals surface area contributed by atoms with Gasteiger partial charge in [0.15, 0.2) is 0 Å². The van der Waals surface area contributed by atoms with Gasteiger partial charge in [0.1, 0.15) is 11.5 Å². The van der Waals surface area contributed by atoms with Crippen LogP contribution in [0.25, 0.3) is 0 Å². The Hall–Kier alpha value is -1.84. The molecule has 1 heterocycles. The lowest BCUT2D eigenvalue weighted by molar-refractivity contribution is 0.205. The molecule has 3 heteroatoms. The zero-order valence-electron chi connectivity index (χ0n) is 14.6. The van der Waals surface area contributed by atoms with Gasteiger partial charge in [0.25, 0.3) is 0 Å². The Morgan fingerprint density at radius 2 is 1.46 bits per heavy atom. The summed E-state index contributed by atoms with van der Waals surface area (Å²) in [5, 5.41) is 0. The molecule has 1 aliphatic heterocycles. The van der Waals surface area contributed by atoms with E-state index in [1.165, 1.54) is 17.5 Å². The van der Waals surface area contributed by atoms with Crippen molar-refractivity contribution in [3.8, 4) is 11.5 Å². The van der Waals surface area contributed by atoms with E-state index >= 15 is 0 Å². The fourth-order valence-corrected chi connectivity index (χ4v) is 3.18. The number of benzene rings is 2. The van der Waals surface area contributed by atoms with Crippen LogP contribution in [0.3, 0.4) is 0 Å². The lowest BCUT2D eigenvalue weighted by Crippen LogP contribution is -2.39. The minimum Gasteiger partial charge on any atom is -0.457 e. The molecule has 1 saturated heterocycles. The molecule has 0 bridgehead atoms. The molecule has 0 saturated carbocycles. The maximum Gasteiger partial charge on any atom is 0.127 e. The van der Waals surface area contributed by atoms with Crippen LogP contribution in [0.4, 0.5) is 0 Å². The van der Waals surface area contributed by atoms with Crippen LogP contribution in [-0.4, -0.2) is 24.0 Å². The lowest BCUT2D eigenvalue weighted by Gasteiger charge is -2.30. The maximum atomic E-state index is 5.97. The van der Waals surface area contributed by atoms with Gasteiger partial charge in [-0.1, -0.05) is 37.6 Å². The Morgan fingerprint density at radius 1 is 0.917 bits per heavy atom. The molecule has 0 radical (unpaired) electrons. The summed E-state index contributed by atoms with van der Waals surface area (Å²) in [6.45, 7) is 5.40. The van der Waals surface area contributed by atoms with E-state index in [0.717, 1.165) is 50.4 Å². The van der Waals surface area contributed by atoms with Crippen molar-refractivity contribution < 1.29 is 4.74 Å². The average Bonchev–Trinajstić information content (AvgIpc) is 2.61. The largest absolute Gasteiger partial charge is 0.457 e. The monoisotopic (exact) mass is 324 g/mol. The summed E-state index contributed by atoms with van der Waals surface area (Å²) in [4.78, 5) is 2.48. The minimum absolute atomic E-state index is 0.390. The SMILES string of the molecule is CCCc1ccc(Oc2ccc(CN3CCC(N)CC3)cc2)cc1. The molecule has 2 aromatic rings. The predicted octanol–water partition coefficient (Wildman–Crippen LogP) is 4.35. The Bertz CT molecular complexity index is 613. The number of nitrogens with two attached hydrogens (primary N) is 1. The first kappa shape index (κ1) is 17.0. The normalized spacial score (nSPS) is 16.2. The van der Waals surface area contributed by atoms with Crippen LogP contribution < -0.4 is 10.5 Å². The highest BCUT2D eigenvalue weighted by Gasteiger charge is 2.15. The number of hydrogen-bond acceptors (Lipinski definition) is 3. The summed E-state index contributed by atoms with van der Waals surface area (Å²) >= 11 is 0. The molecular formula is C21H28N2O. The molecule has 2 N–H and O–H groups in total. The molecule has 0 aliphatic carbocycles. The van der Waals surface area contributed by atoms with Crippen molar-refractivity contribution in [3.05, 3.63) is 59.7 Å². The smallest absolute Gasteiger partial charge is 0.127 e. The predicted molar refractivity (Wildman–Crippen MR) is 99.4 cm³/mol. The van der Waals surface area contributed by atoms with Crippen molar-refractivity contribution >= 4 is 0 Å². The molecule has 128 valence electrons. The van der Waals surface area contributed by atoms with Gasteiger partial charge in [0.2, 0.25) is 0 Å². The highest BCUT2D eigenvalue weighted by molar-refractivity contribution is 5.34. The molecular weight excluding hydrogens is 296 g/mol. The quantitative estimate of drug-likeness (QED) is 0.858. The average molecular weight is 324 g/mol. The van der Waals surface area contributed by atoms with Crippen LogP contribution in [0, 0.1) is 0 Å². The summed E-state index contributed by atoms with van der Waals surface area (Å²) in [5.74, 6) is 1.79. The van der Waals surface area contributed by atoms with Crippen molar-refractivity contribution in [3.63, 3.8) is 0 Å². The third-order valence-corrected chi connectivity index (χ3v) is 4.66. The number of nitrogens with zero attached hydrogens (tertiary/aromatic N) is 1. The van der Waals surface area contributed by atoms with Crippen LogP contribution in [-0.2, 0) is 13.0 Å². The van der Waals surface area contributed by atoms with E-state index in [1.54, 1.807) is 0 Å². The number of aryl methyl sites for hydroxylation is 1. The highest BCUT2D eigenvalue weighted by Crippen LogP contribution is 2.23. The van der Waals surface area contributed by atoms with E-state index in [2.05, 4.69) is 60.4 Å². The second kappa shape index (κ2) is 8.32. The molecule has 3 rings (SSSR count). The Balaban J connectivity index is 1.54. The summed E-state index contributed by atoms with van der Waals surface area (Å²) in [6.07, 6.45) is 4.51. The third-order valence-electron chi connectivity index (χ3n) is 4.66. The number of hydrogen-bond donors (Lipinski definition) is 1. The minimum atomic E-state index is 0.390. The van der Waals surface area contributed by atoms with E-state index in [-0.39, 0.29) is 0 Å². The van der Waals surface area contributed by atoms with Crippen LogP contribution >= 0.6 is 0 Å². The molecule has 24 heavy (non-hydrogen) atoms. The maximum absolute atomic E-state index is 5.97. The van der Waals surface area contributed by atoms with E-state index in [4.69, 9.17) is 10.5 Å². The van der Waals surface area contributed by atoms with Gasteiger partial charge in [-0.2, -0.15) is 0 Å². The van der Waals surface area contributed by atoms with Crippen molar-refractivity contribution in [1.82, 2.24) is 4.90 Å². The summed E-state index contributed by atoms with van der Waals surface area (Å²) in [7, 11) is 0. The van der Waals surface area contributed by atoms with Crippen LogP contribution in [0.15, 0.2) is 48.5 Å². The molecule has 0 amide bonds.